The van der Waals surface area contributed by atoms with Crippen LogP contribution in [0.15, 0.2) is 202 Å². The molecule has 0 amide bonds. The zero-order valence-corrected chi connectivity index (χ0v) is 30.5. The van der Waals surface area contributed by atoms with E-state index in [9.17, 15) is 0 Å². The van der Waals surface area contributed by atoms with E-state index < -0.39 is 0 Å². The molecule has 0 heterocycles. The fourth-order valence-electron chi connectivity index (χ4n) is 6.78. The molecule has 8 rings (SSSR count). The van der Waals surface area contributed by atoms with Crippen molar-refractivity contribution in [2.45, 2.75) is 12.2 Å². The summed E-state index contributed by atoms with van der Waals surface area (Å²) in [5.41, 5.74) is 11.0. The van der Waals surface area contributed by atoms with E-state index in [-0.39, 0.29) is 12.2 Å². The summed E-state index contributed by atoms with van der Waals surface area (Å²) in [5.74, 6) is 1.54. The average molecular weight is 719 g/mol. The summed E-state index contributed by atoms with van der Waals surface area (Å²) >= 11 is 0. The number of hydrogen-bond donors (Lipinski definition) is 0. The standard InChI is InChI=1S/C48H38N4O3/c1-53-45-31-43(39-19-11-5-13-21-41(39)45)51-49-37-27-23-35(24-28-37)47(33-15-7-3-8-16-33)55-48(34-17-9-4-10-18-34)36-25-29-38(30-26-36)50-52-44-32-46(54-2)42-22-14-6-12-20-40(42)44/h3-32,47-48H,1-2H3. The molecule has 0 radical (unpaired) electrons. The number of nitrogens with zero attached hydrogens (tertiary/aromatic N) is 4. The van der Waals surface area contributed by atoms with E-state index in [0.717, 1.165) is 78.8 Å². The molecule has 7 nitrogen and oxygen atoms in total. The molecule has 7 heteroatoms. The van der Waals surface area contributed by atoms with Gasteiger partial charge in [0.1, 0.15) is 23.7 Å². The third-order valence-electron chi connectivity index (χ3n) is 9.55. The van der Waals surface area contributed by atoms with Crippen LogP contribution >= 0.6 is 0 Å². The van der Waals surface area contributed by atoms with E-state index in [1.807, 2.05) is 133 Å². The molecule has 2 unspecified atom stereocenters. The Balaban J connectivity index is 1.07. The van der Waals surface area contributed by atoms with Crippen molar-refractivity contribution in [3.8, 4) is 33.8 Å². The van der Waals surface area contributed by atoms with Crippen molar-refractivity contribution in [1.82, 2.24) is 0 Å². The second kappa shape index (κ2) is 16.4. The summed E-state index contributed by atoms with van der Waals surface area (Å²) in [6.45, 7) is 0. The Morgan fingerprint density at radius 3 is 1.04 bits per heavy atom. The minimum atomic E-state index is -0.373. The highest BCUT2D eigenvalue weighted by Gasteiger charge is 2.24. The highest BCUT2D eigenvalue weighted by atomic mass is 16.5. The molecular formula is C48H38N4O3. The highest BCUT2D eigenvalue weighted by molar-refractivity contribution is 5.86. The van der Waals surface area contributed by atoms with Crippen LogP contribution in [0, 0.1) is 0 Å². The molecule has 0 bridgehead atoms. The van der Waals surface area contributed by atoms with E-state index >= 15 is 0 Å². The zero-order valence-electron chi connectivity index (χ0n) is 30.5. The van der Waals surface area contributed by atoms with Crippen LogP contribution in [0.1, 0.15) is 34.5 Å². The molecule has 0 spiro atoms. The number of ether oxygens (including phenoxy) is 3. The van der Waals surface area contributed by atoms with Crippen molar-refractivity contribution >= 4 is 22.7 Å². The van der Waals surface area contributed by atoms with Crippen molar-refractivity contribution in [2.24, 2.45) is 20.5 Å². The Kier molecular flexibility index (Phi) is 10.4. The summed E-state index contributed by atoms with van der Waals surface area (Å²) in [5, 5.41) is 18.4. The van der Waals surface area contributed by atoms with E-state index in [4.69, 9.17) is 14.2 Å². The van der Waals surface area contributed by atoms with Crippen LogP contribution in [-0.4, -0.2) is 14.2 Å². The van der Waals surface area contributed by atoms with E-state index in [0.29, 0.717) is 0 Å². The lowest BCUT2D eigenvalue weighted by Crippen LogP contribution is -2.13. The predicted molar refractivity (Wildman–Crippen MR) is 218 cm³/mol. The normalized spacial score (nSPS) is 12.7. The van der Waals surface area contributed by atoms with Gasteiger partial charge in [-0.2, -0.15) is 10.2 Å². The molecule has 0 aliphatic heterocycles. The maximum Gasteiger partial charge on any atom is 0.129 e. The van der Waals surface area contributed by atoms with Crippen molar-refractivity contribution in [1.29, 1.82) is 0 Å². The van der Waals surface area contributed by atoms with Crippen LogP contribution in [0.2, 0.25) is 0 Å². The summed E-state index contributed by atoms with van der Waals surface area (Å²) in [6.07, 6.45) is -0.746. The Morgan fingerprint density at radius 2 is 0.673 bits per heavy atom. The van der Waals surface area contributed by atoms with Crippen LogP contribution in [0.3, 0.4) is 0 Å². The first-order valence-corrected chi connectivity index (χ1v) is 18.1. The third-order valence-corrected chi connectivity index (χ3v) is 9.55. The van der Waals surface area contributed by atoms with Gasteiger partial charge in [0.15, 0.2) is 0 Å². The Hall–Kier alpha value is -6.96. The minimum Gasteiger partial charge on any atom is -0.496 e. The highest BCUT2D eigenvalue weighted by Crippen LogP contribution is 2.44. The third kappa shape index (κ3) is 7.74. The number of benzene rings is 4. The van der Waals surface area contributed by atoms with Gasteiger partial charge >= 0.3 is 0 Å². The molecule has 4 aliphatic rings. The summed E-state index contributed by atoms with van der Waals surface area (Å²) in [4.78, 5) is 0. The van der Waals surface area contributed by atoms with Gasteiger partial charge in [-0.15, -0.1) is 10.2 Å². The average Bonchev–Trinajstić information content (AvgIpc) is 3.48. The van der Waals surface area contributed by atoms with Crippen LogP contribution in [0.5, 0.6) is 11.5 Å². The van der Waals surface area contributed by atoms with Gasteiger partial charge in [-0.3, -0.25) is 0 Å². The number of fused-ring (bicyclic) bond motifs is 2. The number of azo groups is 2. The maximum atomic E-state index is 7.14. The van der Waals surface area contributed by atoms with E-state index in [2.05, 4.69) is 69.0 Å². The summed E-state index contributed by atoms with van der Waals surface area (Å²) in [7, 11) is 3.34. The first kappa shape index (κ1) is 35.1. The Bertz CT molecular complexity index is 2310. The molecular weight excluding hydrogens is 681 g/mol. The fourth-order valence-corrected chi connectivity index (χ4v) is 6.78. The van der Waals surface area contributed by atoms with Crippen molar-refractivity contribution in [3.63, 3.8) is 0 Å². The molecule has 0 aromatic heterocycles. The number of hydrogen-bond acceptors (Lipinski definition) is 7. The van der Waals surface area contributed by atoms with Crippen LogP contribution in [0.4, 0.5) is 22.7 Å². The molecule has 4 aromatic rings. The van der Waals surface area contributed by atoms with Gasteiger partial charge in [0.25, 0.3) is 0 Å². The smallest absolute Gasteiger partial charge is 0.129 e. The molecule has 55 heavy (non-hydrogen) atoms. The molecule has 0 N–H and O–H groups in total. The van der Waals surface area contributed by atoms with Crippen LogP contribution in [-0.2, 0) is 4.74 Å². The monoisotopic (exact) mass is 718 g/mol. The molecule has 0 fully saturated rings. The van der Waals surface area contributed by atoms with Gasteiger partial charge in [0.05, 0.1) is 37.0 Å². The molecule has 0 saturated carbocycles. The first-order valence-electron chi connectivity index (χ1n) is 18.1. The number of methoxy groups -OCH3 is 2. The Labute approximate surface area is 320 Å². The van der Waals surface area contributed by atoms with Gasteiger partial charge in [0, 0.05) is 34.4 Å². The lowest BCUT2D eigenvalue weighted by molar-refractivity contribution is 0.0309. The maximum absolute atomic E-state index is 7.14. The topological polar surface area (TPSA) is 77.1 Å². The molecule has 4 aliphatic carbocycles. The lowest BCUT2D eigenvalue weighted by Gasteiger charge is -2.27. The molecule has 2 atom stereocenters. The minimum absolute atomic E-state index is 0.373. The van der Waals surface area contributed by atoms with Gasteiger partial charge < -0.3 is 14.2 Å². The summed E-state index contributed by atoms with van der Waals surface area (Å²) < 4.78 is 18.4. The van der Waals surface area contributed by atoms with Gasteiger partial charge in [-0.25, -0.2) is 0 Å². The second-order valence-electron chi connectivity index (χ2n) is 13.0. The van der Waals surface area contributed by atoms with Gasteiger partial charge in [-0.1, -0.05) is 146 Å². The zero-order chi connectivity index (χ0) is 37.4. The Morgan fingerprint density at radius 1 is 0.345 bits per heavy atom. The first-order chi connectivity index (χ1) is 27.2. The van der Waals surface area contributed by atoms with Gasteiger partial charge in [0.2, 0.25) is 0 Å². The molecule has 0 saturated heterocycles. The quantitative estimate of drug-likeness (QED) is 0.118. The van der Waals surface area contributed by atoms with E-state index in [1.54, 1.807) is 14.2 Å². The fraction of sp³-hybridized carbons (Fsp3) is 0.0833. The second-order valence-corrected chi connectivity index (χ2v) is 13.0. The largest absolute Gasteiger partial charge is 0.496 e. The molecule has 4 aromatic carbocycles. The van der Waals surface area contributed by atoms with Gasteiger partial charge in [-0.05, 0) is 46.5 Å². The van der Waals surface area contributed by atoms with E-state index in [1.165, 1.54) is 0 Å². The van der Waals surface area contributed by atoms with Crippen LogP contribution < -0.4 is 9.47 Å². The number of rotatable bonds is 12. The lowest BCUT2D eigenvalue weighted by atomic mass is 9.97. The van der Waals surface area contributed by atoms with Crippen molar-refractivity contribution in [3.05, 3.63) is 204 Å². The van der Waals surface area contributed by atoms with Crippen LogP contribution in [0.25, 0.3) is 22.3 Å². The van der Waals surface area contributed by atoms with Crippen molar-refractivity contribution in [2.75, 3.05) is 14.2 Å². The van der Waals surface area contributed by atoms with Crippen molar-refractivity contribution < 1.29 is 14.2 Å². The molecule has 268 valence electrons. The summed E-state index contributed by atoms with van der Waals surface area (Å²) in [6, 6.07) is 60.6. The SMILES string of the molecule is COc1cc(N=Nc2ccc(C(OC(c3ccccc3)c3ccc(N=Nc4cc(OC)c5cccccc4-5)cc3)c3ccccc3)cc2)c2cccccc1-2. The predicted octanol–water partition coefficient (Wildman–Crippen LogP) is 13.6.